The minimum atomic E-state index is -1.05. The lowest BCUT2D eigenvalue weighted by Crippen LogP contribution is -2.36. The number of rotatable bonds is 5. The van der Waals surface area contributed by atoms with Gasteiger partial charge in [-0.2, -0.15) is 5.06 Å². The third kappa shape index (κ3) is 2.36. The molecule has 2 rings (SSSR count). The summed E-state index contributed by atoms with van der Waals surface area (Å²) in [6, 6.07) is 7.23. The van der Waals surface area contributed by atoms with Crippen LogP contribution in [0.3, 0.4) is 0 Å². The molecule has 1 amide bonds. The highest BCUT2D eigenvalue weighted by Gasteiger charge is 2.32. The summed E-state index contributed by atoms with van der Waals surface area (Å²) >= 11 is 0. The Morgan fingerprint density at radius 1 is 1.50 bits per heavy atom. The topological polar surface area (TPSA) is 66.8 Å². The van der Waals surface area contributed by atoms with Gasteiger partial charge in [0.2, 0.25) is 0 Å². The third-order valence-electron chi connectivity index (χ3n) is 2.84. The lowest BCUT2D eigenvalue weighted by Gasteiger charge is -2.21. The summed E-state index contributed by atoms with van der Waals surface area (Å²) in [6.45, 7) is 1.87. The van der Waals surface area contributed by atoms with Crippen molar-refractivity contribution < 1.29 is 19.5 Å². The molecule has 0 aliphatic carbocycles. The minimum Gasteiger partial charge on any atom is -0.479 e. The molecule has 5 nitrogen and oxygen atoms in total. The molecule has 5 heteroatoms. The standard InChI is InChI=1S/C13H15NO4/c1-2-5-11(13(16)17)18-14-10-7-4-3-6-9(10)8-12(14)15/h3-4,6-7,11H,2,5,8H2,1H3,(H,16,17). The second kappa shape index (κ2) is 5.18. The lowest BCUT2D eigenvalue weighted by molar-refractivity contribution is -0.153. The number of anilines is 1. The number of aliphatic carboxylic acids is 1. The molecule has 0 aromatic heterocycles. The predicted molar refractivity (Wildman–Crippen MR) is 65.0 cm³/mol. The van der Waals surface area contributed by atoms with Gasteiger partial charge < -0.3 is 5.11 Å². The smallest absolute Gasteiger partial charge is 0.335 e. The second-order valence-corrected chi connectivity index (χ2v) is 4.21. The Labute approximate surface area is 105 Å². The molecule has 18 heavy (non-hydrogen) atoms. The van der Waals surface area contributed by atoms with E-state index in [9.17, 15) is 9.59 Å². The van der Waals surface area contributed by atoms with Crippen molar-refractivity contribution in [3.05, 3.63) is 29.8 Å². The van der Waals surface area contributed by atoms with Crippen molar-refractivity contribution in [3.8, 4) is 0 Å². The van der Waals surface area contributed by atoms with Crippen LogP contribution in [0.1, 0.15) is 25.3 Å². The summed E-state index contributed by atoms with van der Waals surface area (Å²) in [5, 5.41) is 10.2. The van der Waals surface area contributed by atoms with Crippen molar-refractivity contribution in [2.45, 2.75) is 32.3 Å². The molecule has 0 fully saturated rings. The zero-order chi connectivity index (χ0) is 13.1. The van der Waals surface area contributed by atoms with Gasteiger partial charge in [0.05, 0.1) is 12.1 Å². The van der Waals surface area contributed by atoms with Crippen LogP contribution in [0.4, 0.5) is 5.69 Å². The summed E-state index contributed by atoms with van der Waals surface area (Å²) < 4.78 is 0. The highest BCUT2D eigenvalue weighted by molar-refractivity contribution is 5.99. The van der Waals surface area contributed by atoms with Crippen LogP contribution >= 0.6 is 0 Å². The number of nitrogens with zero attached hydrogens (tertiary/aromatic N) is 1. The molecule has 0 radical (unpaired) electrons. The van der Waals surface area contributed by atoms with Crippen molar-refractivity contribution in [1.82, 2.24) is 0 Å². The number of hydroxylamine groups is 1. The monoisotopic (exact) mass is 249 g/mol. The Hall–Kier alpha value is -1.88. The Morgan fingerprint density at radius 3 is 2.89 bits per heavy atom. The van der Waals surface area contributed by atoms with Gasteiger partial charge in [0.15, 0.2) is 6.10 Å². The van der Waals surface area contributed by atoms with E-state index in [4.69, 9.17) is 9.94 Å². The van der Waals surface area contributed by atoms with E-state index >= 15 is 0 Å². The van der Waals surface area contributed by atoms with E-state index < -0.39 is 12.1 Å². The van der Waals surface area contributed by atoms with Crippen LogP contribution in [0.25, 0.3) is 0 Å². The highest BCUT2D eigenvalue weighted by Crippen LogP contribution is 2.29. The molecule has 96 valence electrons. The van der Waals surface area contributed by atoms with Crippen molar-refractivity contribution >= 4 is 17.6 Å². The molecule has 1 aliphatic heterocycles. The fourth-order valence-electron chi connectivity index (χ4n) is 1.95. The summed E-state index contributed by atoms with van der Waals surface area (Å²) in [5.41, 5.74) is 1.51. The number of carbonyl (C=O) groups excluding carboxylic acids is 1. The first-order chi connectivity index (χ1) is 8.63. The van der Waals surface area contributed by atoms with Gasteiger partial charge in [0.25, 0.3) is 5.91 Å². The van der Waals surface area contributed by atoms with Gasteiger partial charge in [0.1, 0.15) is 0 Å². The molecule has 1 N–H and O–H groups in total. The first kappa shape index (κ1) is 12.6. The van der Waals surface area contributed by atoms with Crippen LogP contribution in [0, 0.1) is 0 Å². The first-order valence-corrected chi connectivity index (χ1v) is 5.94. The zero-order valence-corrected chi connectivity index (χ0v) is 10.1. The van der Waals surface area contributed by atoms with Gasteiger partial charge in [-0.05, 0) is 18.1 Å². The molecule has 1 unspecified atom stereocenters. The van der Waals surface area contributed by atoms with Crippen LogP contribution in [0.2, 0.25) is 0 Å². The zero-order valence-electron chi connectivity index (χ0n) is 10.1. The van der Waals surface area contributed by atoms with Gasteiger partial charge in [-0.3, -0.25) is 9.63 Å². The van der Waals surface area contributed by atoms with Crippen LogP contribution < -0.4 is 5.06 Å². The van der Waals surface area contributed by atoms with E-state index in [1.54, 1.807) is 12.1 Å². The Balaban J connectivity index is 2.18. The minimum absolute atomic E-state index is 0.224. The van der Waals surface area contributed by atoms with E-state index in [0.29, 0.717) is 18.5 Å². The fourth-order valence-corrected chi connectivity index (χ4v) is 1.95. The number of hydrogen-bond acceptors (Lipinski definition) is 3. The largest absolute Gasteiger partial charge is 0.479 e. The average Bonchev–Trinajstić information content (AvgIpc) is 2.65. The van der Waals surface area contributed by atoms with E-state index in [2.05, 4.69) is 0 Å². The van der Waals surface area contributed by atoms with Gasteiger partial charge in [-0.1, -0.05) is 31.5 Å². The summed E-state index contributed by atoms with van der Waals surface area (Å²) in [6.07, 6.45) is 0.335. The normalized spacial score (nSPS) is 15.6. The molecule has 0 spiro atoms. The number of para-hydroxylation sites is 1. The van der Waals surface area contributed by atoms with Gasteiger partial charge in [-0.25, -0.2) is 4.79 Å². The number of carbonyl (C=O) groups is 2. The van der Waals surface area contributed by atoms with Crippen molar-refractivity contribution in [3.63, 3.8) is 0 Å². The number of amides is 1. The van der Waals surface area contributed by atoms with Crippen molar-refractivity contribution in [2.75, 3.05) is 5.06 Å². The molecule has 0 bridgehead atoms. The lowest BCUT2D eigenvalue weighted by atomic mass is 10.2. The van der Waals surface area contributed by atoms with Crippen LogP contribution in [0.15, 0.2) is 24.3 Å². The maximum Gasteiger partial charge on any atom is 0.335 e. The SMILES string of the molecule is CCCC(ON1C(=O)Cc2ccccc21)C(=O)O. The van der Waals surface area contributed by atoms with Gasteiger partial charge in [-0.15, -0.1) is 0 Å². The highest BCUT2D eigenvalue weighted by atomic mass is 16.7. The average molecular weight is 249 g/mol. The van der Waals surface area contributed by atoms with E-state index in [1.165, 1.54) is 0 Å². The van der Waals surface area contributed by atoms with Crippen molar-refractivity contribution in [2.24, 2.45) is 0 Å². The molecule has 0 saturated heterocycles. The number of carboxylic acid groups (broad SMARTS) is 1. The molecular weight excluding hydrogens is 234 g/mol. The van der Waals surface area contributed by atoms with E-state index in [1.807, 2.05) is 19.1 Å². The maximum atomic E-state index is 11.8. The third-order valence-corrected chi connectivity index (χ3v) is 2.84. The number of carboxylic acids is 1. The molecule has 1 aromatic rings. The first-order valence-electron chi connectivity index (χ1n) is 5.94. The summed E-state index contributed by atoms with van der Waals surface area (Å²) in [7, 11) is 0. The number of benzene rings is 1. The molecule has 0 saturated carbocycles. The maximum absolute atomic E-state index is 11.8. The van der Waals surface area contributed by atoms with Gasteiger partial charge in [0, 0.05) is 0 Å². The van der Waals surface area contributed by atoms with E-state index in [-0.39, 0.29) is 12.3 Å². The molecule has 1 heterocycles. The number of fused-ring (bicyclic) bond motifs is 1. The molecule has 1 atom stereocenters. The fraction of sp³-hybridized carbons (Fsp3) is 0.385. The quantitative estimate of drug-likeness (QED) is 0.863. The summed E-state index contributed by atoms with van der Waals surface area (Å²) in [5.74, 6) is -1.27. The molecule has 1 aliphatic rings. The van der Waals surface area contributed by atoms with Crippen LogP contribution in [0.5, 0.6) is 0 Å². The molecular formula is C13H15NO4. The Bertz CT molecular complexity index is 472. The van der Waals surface area contributed by atoms with Crippen molar-refractivity contribution in [1.29, 1.82) is 0 Å². The molecule has 1 aromatic carbocycles. The van der Waals surface area contributed by atoms with Crippen LogP contribution in [-0.2, 0) is 20.8 Å². The van der Waals surface area contributed by atoms with Crippen LogP contribution in [-0.4, -0.2) is 23.1 Å². The Morgan fingerprint density at radius 2 is 2.22 bits per heavy atom. The Kier molecular flexibility index (Phi) is 3.62. The summed E-state index contributed by atoms with van der Waals surface area (Å²) in [4.78, 5) is 28.2. The predicted octanol–water partition coefficient (Wildman–Crippen LogP) is 1.76. The second-order valence-electron chi connectivity index (χ2n) is 4.21. The number of hydrogen-bond donors (Lipinski definition) is 1. The van der Waals surface area contributed by atoms with Gasteiger partial charge >= 0.3 is 5.97 Å². The van der Waals surface area contributed by atoms with E-state index in [0.717, 1.165) is 10.6 Å².